The molecule has 1 saturated carbocycles. The van der Waals surface area contributed by atoms with Crippen molar-refractivity contribution >= 4 is 5.96 Å². The topological polar surface area (TPSA) is 39.7 Å². The summed E-state index contributed by atoms with van der Waals surface area (Å²) in [5.41, 5.74) is 1.04. The molecular formula is C22H35FN4. The van der Waals surface area contributed by atoms with Gasteiger partial charge in [-0.25, -0.2) is 4.39 Å². The van der Waals surface area contributed by atoms with Crippen molar-refractivity contribution in [3.05, 3.63) is 35.6 Å². The highest BCUT2D eigenvalue weighted by Crippen LogP contribution is 2.26. The number of hydrogen-bond acceptors (Lipinski definition) is 2. The van der Waals surface area contributed by atoms with E-state index >= 15 is 0 Å². The first-order chi connectivity index (χ1) is 13.2. The van der Waals surface area contributed by atoms with Gasteiger partial charge in [-0.2, -0.15) is 0 Å². The second kappa shape index (κ2) is 10.6. The Bertz CT molecular complexity index is 590. The van der Waals surface area contributed by atoms with E-state index in [1.54, 1.807) is 12.1 Å². The fourth-order valence-electron chi connectivity index (χ4n) is 4.36. The summed E-state index contributed by atoms with van der Waals surface area (Å²) in [7, 11) is 0. The van der Waals surface area contributed by atoms with Crippen LogP contribution >= 0.6 is 0 Å². The molecule has 4 nitrogen and oxygen atoms in total. The summed E-state index contributed by atoms with van der Waals surface area (Å²) in [6.45, 7) is 6.15. The van der Waals surface area contributed by atoms with Gasteiger partial charge in [0.25, 0.3) is 0 Å². The smallest absolute Gasteiger partial charge is 0.191 e. The maximum atomic E-state index is 13.2. The molecule has 3 rings (SSSR count). The summed E-state index contributed by atoms with van der Waals surface area (Å²) in [6, 6.07) is 8.23. The first-order valence-electron chi connectivity index (χ1n) is 10.8. The fraction of sp³-hybridized carbons (Fsp3) is 0.682. The standard InChI is InChI=1S/C22H35FN4/c1-2-24-22(25-14-6-8-18-7-5-9-19(23)17-18)26-20-12-15-27(16-13-20)21-10-3-4-11-21/h5,7,9,17,20-21H,2-4,6,8,10-16H2,1H3,(H2,24,25,26). The molecular weight excluding hydrogens is 339 g/mol. The quantitative estimate of drug-likeness (QED) is 0.434. The van der Waals surface area contributed by atoms with Gasteiger partial charge in [-0.15, -0.1) is 0 Å². The molecule has 2 N–H and O–H groups in total. The summed E-state index contributed by atoms with van der Waals surface area (Å²) >= 11 is 0. The minimum atomic E-state index is -0.157. The van der Waals surface area contributed by atoms with Crippen LogP contribution in [-0.4, -0.2) is 49.1 Å². The molecule has 1 heterocycles. The van der Waals surface area contributed by atoms with E-state index in [-0.39, 0.29) is 5.82 Å². The van der Waals surface area contributed by atoms with Crippen molar-refractivity contribution in [2.75, 3.05) is 26.2 Å². The molecule has 1 saturated heterocycles. The van der Waals surface area contributed by atoms with Crippen LogP contribution in [0.3, 0.4) is 0 Å². The third kappa shape index (κ3) is 6.49. The number of likely N-dealkylation sites (tertiary alicyclic amines) is 1. The predicted molar refractivity (Wildman–Crippen MR) is 111 cm³/mol. The summed E-state index contributed by atoms with van der Waals surface area (Å²) < 4.78 is 13.2. The van der Waals surface area contributed by atoms with Gasteiger partial charge < -0.3 is 15.5 Å². The van der Waals surface area contributed by atoms with Crippen LogP contribution in [0.1, 0.15) is 57.4 Å². The summed E-state index contributed by atoms with van der Waals surface area (Å²) in [5, 5.41) is 7.00. The molecule has 0 unspecified atom stereocenters. The molecule has 0 spiro atoms. The number of benzene rings is 1. The van der Waals surface area contributed by atoms with Crippen LogP contribution in [0, 0.1) is 5.82 Å². The van der Waals surface area contributed by atoms with Crippen LogP contribution < -0.4 is 10.6 Å². The average molecular weight is 375 g/mol. The number of rotatable bonds is 7. The van der Waals surface area contributed by atoms with Gasteiger partial charge in [0.15, 0.2) is 5.96 Å². The molecule has 27 heavy (non-hydrogen) atoms. The molecule has 5 heteroatoms. The Morgan fingerprint density at radius 1 is 1.19 bits per heavy atom. The summed E-state index contributed by atoms with van der Waals surface area (Å²) in [4.78, 5) is 7.43. The minimum absolute atomic E-state index is 0.157. The van der Waals surface area contributed by atoms with E-state index in [0.717, 1.165) is 43.5 Å². The highest BCUT2D eigenvalue weighted by atomic mass is 19.1. The van der Waals surface area contributed by atoms with Gasteiger partial charge in [0, 0.05) is 38.3 Å². The maximum absolute atomic E-state index is 13.2. The number of hydrogen-bond donors (Lipinski definition) is 2. The first kappa shape index (κ1) is 20.1. The second-order valence-electron chi connectivity index (χ2n) is 7.89. The molecule has 1 aromatic carbocycles. The fourth-order valence-corrected chi connectivity index (χ4v) is 4.36. The minimum Gasteiger partial charge on any atom is -0.357 e. The van der Waals surface area contributed by atoms with E-state index in [4.69, 9.17) is 4.99 Å². The average Bonchev–Trinajstić information content (AvgIpc) is 3.21. The van der Waals surface area contributed by atoms with E-state index in [2.05, 4.69) is 22.5 Å². The van der Waals surface area contributed by atoms with Crippen molar-refractivity contribution in [2.45, 2.75) is 70.4 Å². The third-order valence-electron chi connectivity index (χ3n) is 5.84. The van der Waals surface area contributed by atoms with E-state index in [0.29, 0.717) is 6.04 Å². The first-order valence-corrected chi connectivity index (χ1v) is 10.8. The van der Waals surface area contributed by atoms with Crippen LogP contribution in [0.25, 0.3) is 0 Å². The summed E-state index contributed by atoms with van der Waals surface area (Å²) in [6.07, 6.45) is 9.81. The van der Waals surface area contributed by atoms with E-state index < -0.39 is 0 Å². The Hall–Kier alpha value is -1.62. The van der Waals surface area contributed by atoms with Crippen LogP contribution in [0.2, 0.25) is 0 Å². The number of aliphatic imine (C=N–C) groups is 1. The highest BCUT2D eigenvalue weighted by molar-refractivity contribution is 5.80. The van der Waals surface area contributed by atoms with Crippen molar-refractivity contribution in [1.29, 1.82) is 0 Å². The van der Waals surface area contributed by atoms with Crippen molar-refractivity contribution in [1.82, 2.24) is 15.5 Å². The molecule has 0 amide bonds. The number of halogens is 1. The third-order valence-corrected chi connectivity index (χ3v) is 5.84. The van der Waals surface area contributed by atoms with Crippen molar-refractivity contribution < 1.29 is 4.39 Å². The zero-order valence-electron chi connectivity index (χ0n) is 16.7. The van der Waals surface area contributed by atoms with Crippen LogP contribution in [0.4, 0.5) is 4.39 Å². The van der Waals surface area contributed by atoms with E-state index in [1.807, 2.05) is 6.07 Å². The second-order valence-corrected chi connectivity index (χ2v) is 7.89. The zero-order chi connectivity index (χ0) is 18.9. The molecule has 150 valence electrons. The molecule has 0 atom stereocenters. The zero-order valence-corrected chi connectivity index (χ0v) is 16.7. The van der Waals surface area contributed by atoms with E-state index in [9.17, 15) is 4.39 Å². The van der Waals surface area contributed by atoms with Crippen LogP contribution in [-0.2, 0) is 6.42 Å². The molecule has 1 aromatic rings. The molecule has 0 aromatic heterocycles. The molecule has 0 bridgehead atoms. The summed E-state index contributed by atoms with van der Waals surface area (Å²) in [5.74, 6) is 0.769. The molecule has 2 aliphatic rings. The highest BCUT2D eigenvalue weighted by Gasteiger charge is 2.27. The lowest BCUT2D eigenvalue weighted by molar-refractivity contribution is 0.150. The SMILES string of the molecule is CCNC(=NCCCc1cccc(F)c1)NC1CCN(C2CCCC2)CC1. The lowest BCUT2D eigenvalue weighted by Crippen LogP contribution is -2.50. The van der Waals surface area contributed by atoms with Crippen LogP contribution in [0.15, 0.2) is 29.3 Å². The van der Waals surface area contributed by atoms with Gasteiger partial charge in [-0.05, 0) is 63.1 Å². The van der Waals surface area contributed by atoms with Crippen molar-refractivity contribution in [3.63, 3.8) is 0 Å². The Morgan fingerprint density at radius 2 is 1.96 bits per heavy atom. The lowest BCUT2D eigenvalue weighted by atomic mass is 10.0. The van der Waals surface area contributed by atoms with Gasteiger partial charge in [0.2, 0.25) is 0 Å². The Kier molecular flexibility index (Phi) is 7.93. The monoisotopic (exact) mass is 374 g/mol. The largest absolute Gasteiger partial charge is 0.357 e. The van der Waals surface area contributed by atoms with Crippen molar-refractivity contribution in [2.24, 2.45) is 4.99 Å². The molecule has 2 fully saturated rings. The Morgan fingerprint density at radius 3 is 2.67 bits per heavy atom. The molecule has 1 aliphatic carbocycles. The number of nitrogens with one attached hydrogen (secondary N) is 2. The number of piperidine rings is 1. The maximum Gasteiger partial charge on any atom is 0.191 e. The molecule has 0 radical (unpaired) electrons. The van der Waals surface area contributed by atoms with Gasteiger partial charge in [-0.3, -0.25) is 4.99 Å². The van der Waals surface area contributed by atoms with Gasteiger partial charge in [0.05, 0.1) is 0 Å². The van der Waals surface area contributed by atoms with Crippen molar-refractivity contribution in [3.8, 4) is 0 Å². The van der Waals surface area contributed by atoms with E-state index in [1.165, 1.54) is 57.7 Å². The predicted octanol–water partition coefficient (Wildman–Crippen LogP) is 3.72. The lowest BCUT2D eigenvalue weighted by Gasteiger charge is -2.36. The number of aryl methyl sites for hydroxylation is 1. The Balaban J connectivity index is 1.41. The number of nitrogens with zero attached hydrogens (tertiary/aromatic N) is 2. The molecule has 1 aliphatic heterocycles. The Labute approximate surface area is 163 Å². The normalized spacial score (nSPS) is 20.1. The number of guanidine groups is 1. The van der Waals surface area contributed by atoms with Gasteiger partial charge in [-0.1, -0.05) is 25.0 Å². The van der Waals surface area contributed by atoms with Gasteiger partial charge in [0.1, 0.15) is 5.82 Å². The van der Waals surface area contributed by atoms with Gasteiger partial charge >= 0.3 is 0 Å². The van der Waals surface area contributed by atoms with Crippen LogP contribution in [0.5, 0.6) is 0 Å².